The number of nitrogens with one attached hydrogen (secondary N) is 3. The summed E-state index contributed by atoms with van der Waals surface area (Å²) < 4.78 is 10.9. The Kier molecular flexibility index (Phi) is 10.5. The van der Waals surface area contributed by atoms with Gasteiger partial charge >= 0.3 is 5.97 Å². The second-order valence-electron chi connectivity index (χ2n) is 12.4. The van der Waals surface area contributed by atoms with Gasteiger partial charge in [0.15, 0.2) is 0 Å². The number of nitrogens with zero attached hydrogens (tertiary/aromatic N) is 3. The lowest BCUT2D eigenvalue weighted by molar-refractivity contribution is -0.155. The third-order valence-corrected chi connectivity index (χ3v) is 7.97. The molecule has 222 valence electrons. The molecule has 0 aromatic carbocycles. The van der Waals surface area contributed by atoms with Crippen LogP contribution in [0.4, 0.5) is 11.6 Å². The molecule has 2 aromatic rings. The first-order chi connectivity index (χ1) is 19.5. The van der Waals surface area contributed by atoms with Gasteiger partial charge in [0.2, 0.25) is 0 Å². The maximum Gasteiger partial charge on any atom is 0.307 e. The van der Waals surface area contributed by atoms with Crippen molar-refractivity contribution in [2.45, 2.75) is 96.4 Å². The molecule has 3 heterocycles. The minimum atomic E-state index is -0.460. The van der Waals surface area contributed by atoms with Crippen LogP contribution in [0.15, 0.2) is 30.5 Å². The van der Waals surface area contributed by atoms with Crippen molar-refractivity contribution >= 4 is 29.2 Å². The van der Waals surface area contributed by atoms with Crippen molar-refractivity contribution in [3.8, 4) is 17.3 Å². The third kappa shape index (κ3) is 9.29. The Bertz CT molecular complexity index is 1210. The van der Waals surface area contributed by atoms with Crippen LogP contribution >= 0.6 is 11.6 Å². The van der Waals surface area contributed by atoms with Gasteiger partial charge < -0.3 is 25.4 Å². The molecule has 10 heteroatoms. The van der Waals surface area contributed by atoms with Crippen LogP contribution in [0.2, 0.25) is 5.02 Å². The predicted molar refractivity (Wildman–Crippen MR) is 162 cm³/mol. The first kappa shape index (κ1) is 31.0. The molecule has 3 N–H and O–H groups in total. The molecule has 0 radical (unpaired) electrons. The molecule has 41 heavy (non-hydrogen) atoms. The molecule has 1 saturated carbocycles. The van der Waals surface area contributed by atoms with Crippen LogP contribution in [0, 0.1) is 16.7 Å². The van der Waals surface area contributed by atoms with E-state index < -0.39 is 11.0 Å². The fourth-order valence-corrected chi connectivity index (χ4v) is 5.66. The number of pyridine rings is 2. The monoisotopic (exact) mass is 582 g/mol. The van der Waals surface area contributed by atoms with Crippen LogP contribution in [0.25, 0.3) is 11.3 Å². The maximum absolute atomic E-state index is 12.1. The van der Waals surface area contributed by atoms with Crippen LogP contribution in [0.5, 0.6) is 0 Å². The topological polar surface area (TPSA) is 121 Å². The number of ether oxygens (including phenoxy) is 2. The zero-order valence-corrected chi connectivity index (χ0v) is 25.4. The van der Waals surface area contributed by atoms with E-state index in [2.05, 4.69) is 27.0 Å². The first-order valence-electron chi connectivity index (χ1n) is 14.6. The average molecular weight is 583 g/mol. The molecule has 1 unspecified atom stereocenters. The molecule has 0 amide bonds. The Morgan fingerprint density at radius 2 is 1.90 bits per heavy atom. The largest absolute Gasteiger partial charge is 0.460 e. The smallest absolute Gasteiger partial charge is 0.307 e. The minimum absolute atomic E-state index is 0.0692. The molecule has 2 aliphatic rings. The second-order valence-corrected chi connectivity index (χ2v) is 12.8. The summed E-state index contributed by atoms with van der Waals surface area (Å²) in [7, 11) is 0. The Morgan fingerprint density at radius 1 is 1.20 bits per heavy atom. The van der Waals surface area contributed by atoms with Crippen LogP contribution < -0.4 is 16.0 Å². The number of esters is 1. The number of carbonyl (C=O) groups is 1. The number of halogens is 1. The van der Waals surface area contributed by atoms with Crippen LogP contribution in [0.3, 0.4) is 0 Å². The van der Waals surface area contributed by atoms with E-state index in [1.165, 1.54) is 0 Å². The SMILES string of the molecule is CC(CC(=O)OC(C)(C)C)N[C@H]1CC[C@H](Nc2cc(-c3cccc(NCC4(C#N)CCOCC4)n3)c(Cl)cn2)CC1. The van der Waals surface area contributed by atoms with E-state index in [0.29, 0.717) is 61.9 Å². The predicted octanol–water partition coefficient (Wildman–Crippen LogP) is 5.96. The molecule has 4 rings (SSSR count). The zero-order chi connectivity index (χ0) is 29.5. The van der Waals surface area contributed by atoms with Gasteiger partial charge in [0.25, 0.3) is 0 Å². The summed E-state index contributed by atoms with van der Waals surface area (Å²) in [5.74, 6) is 1.31. The van der Waals surface area contributed by atoms with Gasteiger partial charge in [-0.05, 0) is 84.4 Å². The molecule has 0 bridgehead atoms. The van der Waals surface area contributed by atoms with Gasteiger partial charge in [0.1, 0.15) is 17.2 Å². The highest BCUT2D eigenvalue weighted by atomic mass is 35.5. The van der Waals surface area contributed by atoms with Crippen molar-refractivity contribution < 1.29 is 14.3 Å². The molecule has 9 nitrogen and oxygen atoms in total. The van der Waals surface area contributed by atoms with E-state index in [0.717, 1.165) is 42.8 Å². The van der Waals surface area contributed by atoms with Crippen LogP contribution in [-0.4, -0.2) is 59.4 Å². The number of nitriles is 1. The number of anilines is 2. The van der Waals surface area contributed by atoms with Gasteiger partial charge in [-0.1, -0.05) is 17.7 Å². The molecule has 0 spiro atoms. The summed E-state index contributed by atoms with van der Waals surface area (Å²) >= 11 is 6.56. The van der Waals surface area contributed by atoms with Crippen molar-refractivity contribution in [2.75, 3.05) is 30.4 Å². The second kappa shape index (κ2) is 13.8. The van der Waals surface area contributed by atoms with Crippen molar-refractivity contribution in [3.63, 3.8) is 0 Å². The first-order valence-corrected chi connectivity index (χ1v) is 15.0. The van der Waals surface area contributed by atoms with Crippen molar-refractivity contribution in [2.24, 2.45) is 5.41 Å². The summed E-state index contributed by atoms with van der Waals surface area (Å²) in [6.07, 6.45) is 7.49. The Balaban J connectivity index is 1.30. The minimum Gasteiger partial charge on any atom is -0.460 e. The summed E-state index contributed by atoms with van der Waals surface area (Å²) in [5.41, 5.74) is 0.653. The molecule has 2 fully saturated rings. The third-order valence-electron chi connectivity index (χ3n) is 7.67. The fraction of sp³-hybridized carbons (Fsp3) is 0.613. The molecule has 2 aromatic heterocycles. The fourth-order valence-electron chi connectivity index (χ4n) is 5.46. The highest BCUT2D eigenvalue weighted by Crippen LogP contribution is 2.32. The van der Waals surface area contributed by atoms with Crippen molar-refractivity contribution in [1.82, 2.24) is 15.3 Å². The van der Waals surface area contributed by atoms with Gasteiger partial charge in [-0.15, -0.1) is 0 Å². The number of aromatic nitrogens is 2. The number of carbonyl (C=O) groups excluding carboxylic acids is 1. The standard InChI is InChI=1S/C31H43ClN6O3/c1-21(16-29(39)41-30(2,3)4)36-22-8-10-23(11-9-22)37-28-17-24(25(32)18-34-28)26-6-5-7-27(38-26)35-20-31(19-33)12-14-40-15-13-31/h5-7,17-18,21-23,36H,8-16,20H2,1-4H3,(H,34,37)(H,35,38)/t21?,22-,23-. The van der Waals surface area contributed by atoms with E-state index in [1.54, 1.807) is 6.20 Å². The van der Waals surface area contributed by atoms with Crippen LogP contribution in [0.1, 0.15) is 72.6 Å². The maximum atomic E-state index is 12.1. The Hall–Kier alpha value is -2.93. The Morgan fingerprint density at radius 3 is 2.59 bits per heavy atom. The van der Waals surface area contributed by atoms with E-state index in [4.69, 9.17) is 26.1 Å². The molecule has 1 saturated heterocycles. The lowest BCUT2D eigenvalue weighted by Crippen LogP contribution is -2.42. The number of hydrogen-bond acceptors (Lipinski definition) is 9. The van der Waals surface area contributed by atoms with Gasteiger partial charge in [-0.25, -0.2) is 9.97 Å². The summed E-state index contributed by atoms with van der Waals surface area (Å²) in [6.45, 7) is 9.45. The van der Waals surface area contributed by atoms with E-state index in [-0.39, 0.29) is 12.0 Å². The summed E-state index contributed by atoms with van der Waals surface area (Å²) in [5, 5.41) is 20.8. The average Bonchev–Trinajstić information content (AvgIpc) is 2.93. The highest BCUT2D eigenvalue weighted by Gasteiger charge is 2.32. The van der Waals surface area contributed by atoms with Gasteiger partial charge in [0.05, 0.1) is 28.6 Å². The molecule has 1 aliphatic carbocycles. The van der Waals surface area contributed by atoms with Gasteiger partial charge in [-0.3, -0.25) is 4.79 Å². The quantitative estimate of drug-likeness (QED) is 0.291. The number of rotatable bonds is 10. The van der Waals surface area contributed by atoms with E-state index in [1.807, 2.05) is 52.0 Å². The van der Waals surface area contributed by atoms with Gasteiger partial charge in [0, 0.05) is 49.6 Å². The molecular formula is C31H43ClN6O3. The van der Waals surface area contributed by atoms with Crippen LogP contribution in [-0.2, 0) is 14.3 Å². The summed E-state index contributed by atoms with van der Waals surface area (Å²) in [4.78, 5) is 21.5. The van der Waals surface area contributed by atoms with Crippen molar-refractivity contribution in [1.29, 1.82) is 5.26 Å². The van der Waals surface area contributed by atoms with Gasteiger partial charge in [-0.2, -0.15) is 5.26 Å². The lowest BCUT2D eigenvalue weighted by Gasteiger charge is -2.32. The van der Waals surface area contributed by atoms with E-state index >= 15 is 0 Å². The molecule has 1 aliphatic heterocycles. The number of hydrogen-bond donors (Lipinski definition) is 3. The van der Waals surface area contributed by atoms with Crippen molar-refractivity contribution in [3.05, 3.63) is 35.5 Å². The summed E-state index contributed by atoms with van der Waals surface area (Å²) in [6, 6.07) is 11.0. The van der Waals surface area contributed by atoms with E-state index in [9.17, 15) is 10.1 Å². The zero-order valence-electron chi connectivity index (χ0n) is 24.6. The lowest BCUT2D eigenvalue weighted by atomic mass is 9.82. The molecule has 1 atom stereocenters. The molecular weight excluding hydrogens is 540 g/mol. The Labute approximate surface area is 248 Å². The highest BCUT2D eigenvalue weighted by molar-refractivity contribution is 6.33. The normalized spacial score (nSPS) is 21.4.